The van der Waals surface area contributed by atoms with Crippen LogP contribution in [-0.2, 0) is 0 Å². The minimum absolute atomic E-state index is 0.258. The van der Waals surface area contributed by atoms with Gasteiger partial charge in [0.1, 0.15) is 11.6 Å². The summed E-state index contributed by atoms with van der Waals surface area (Å²) in [7, 11) is 0. The molecular weight excluding hydrogens is 289 g/mol. The number of rotatable bonds is 6. The first-order valence-corrected chi connectivity index (χ1v) is 8.54. The zero-order valence-corrected chi connectivity index (χ0v) is 13.1. The molecule has 0 spiro atoms. The maximum Gasteiger partial charge on any atom is 0.255 e. The van der Waals surface area contributed by atoms with Crippen LogP contribution in [0.3, 0.4) is 0 Å². The number of thioether (sulfide) groups is 1. The SMILES string of the molecule is CCCNc1ncc(F)cc1C(=O)NCC1CCCCS1. The molecule has 0 aromatic carbocycles. The van der Waals surface area contributed by atoms with Gasteiger partial charge in [-0.05, 0) is 31.1 Å². The van der Waals surface area contributed by atoms with Crippen molar-refractivity contribution in [3.05, 3.63) is 23.6 Å². The van der Waals surface area contributed by atoms with E-state index >= 15 is 0 Å². The second kappa shape index (κ2) is 8.22. The van der Waals surface area contributed by atoms with Crippen molar-refractivity contribution in [2.24, 2.45) is 0 Å². The van der Waals surface area contributed by atoms with Gasteiger partial charge in [-0.3, -0.25) is 4.79 Å². The topological polar surface area (TPSA) is 54.0 Å². The van der Waals surface area contributed by atoms with Crippen LogP contribution in [0.25, 0.3) is 0 Å². The molecule has 0 aliphatic carbocycles. The molecule has 1 unspecified atom stereocenters. The molecule has 4 nitrogen and oxygen atoms in total. The third kappa shape index (κ3) is 4.88. The Labute approximate surface area is 129 Å². The summed E-state index contributed by atoms with van der Waals surface area (Å²) in [6.45, 7) is 3.36. The number of nitrogens with zero attached hydrogens (tertiary/aromatic N) is 1. The number of nitrogens with one attached hydrogen (secondary N) is 2. The van der Waals surface area contributed by atoms with Gasteiger partial charge in [-0.15, -0.1) is 0 Å². The number of halogens is 1. The molecular formula is C15H22FN3OS. The molecule has 1 aromatic heterocycles. The molecule has 1 fully saturated rings. The lowest BCUT2D eigenvalue weighted by molar-refractivity contribution is 0.0953. The lowest BCUT2D eigenvalue weighted by Gasteiger charge is -2.21. The third-order valence-electron chi connectivity index (χ3n) is 3.41. The molecule has 1 aliphatic rings. The van der Waals surface area contributed by atoms with E-state index in [2.05, 4.69) is 15.6 Å². The van der Waals surface area contributed by atoms with Gasteiger partial charge in [0.25, 0.3) is 5.91 Å². The lowest BCUT2D eigenvalue weighted by atomic mass is 10.2. The molecule has 1 amide bonds. The molecule has 2 N–H and O–H groups in total. The number of aromatic nitrogens is 1. The van der Waals surface area contributed by atoms with E-state index in [9.17, 15) is 9.18 Å². The zero-order valence-electron chi connectivity index (χ0n) is 12.3. The average Bonchev–Trinajstić information content (AvgIpc) is 2.52. The summed E-state index contributed by atoms with van der Waals surface area (Å²) < 4.78 is 13.4. The van der Waals surface area contributed by atoms with Crippen LogP contribution in [0, 0.1) is 5.82 Å². The van der Waals surface area contributed by atoms with Crippen molar-refractivity contribution in [2.45, 2.75) is 37.9 Å². The Kier molecular flexibility index (Phi) is 6.29. The van der Waals surface area contributed by atoms with Crippen LogP contribution >= 0.6 is 11.8 Å². The highest BCUT2D eigenvalue weighted by molar-refractivity contribution is 7.99. The molecule has 0 saturated carbocycles. The van der Waals surface area contributed by atoms with Gasteiger partial charge in [0.05, 0.1) is 11.8 Å². The molecule has 0 bridgehead atoms. The number of pyridine rings is 1. The van der Waals surface area contributed by atoms with Crippen molar-refractivity contribution >= 4 is 23.5 Å². The first-order valence-electron chi connectivity index (χ1n) is 7.50. The monoisotopic (exact) mass is 311 g/mol. The highest BCUT2D eigenvalue weighted by Gasteiger charge is 2.18. The molecule has 2 heterocycles. The Morgan fingerprint density at radius 3 is 3.10 bits per heavy atom. The summed E-state index contributed by atoms with van der Waals surface area (Å²) >= 11 is 1.90. The van der Waals surface area contributed by atoms with Gasteiger partial charge in [-0.1, -0.05) is 13.3 Å². The van der Waals surface area contributed by atoms with Crippen LogP contribution in [0.15, 0.2) is 12.3 Å². The van der Waals surface area contributed by atoms with Gasteiger partial charge in [-0.2, -0.15) is 11.8 Å². The summed E-state index contributed by atoms with van der Waals surface area (Å²) in [6, 6.07) is 1.24. The molecule has 116 valence electrons. The van der Waals surface area contributed by atoms with Crippen LogP contribution in [0.2, 0.25) is 0 Å². The van der Waals surface area contributed by atoms with Crippen molar-refractivity contribution in [3.8, 4) is 0 Å². The van der Waals surface area contributed by atoms with Crippen molar-refractivity contribution in [1.82, 2.24) is 10.3 Å². The predicted octanol–water partition coefficient (Wildman–Crippen LogP) is 3.06. The van der Waals surface area contributed by atoms with E-state index in [4.69, 9.17) is 0 Å². The van der Waals surface area contributed by atoms with E-state index in [0.717, 1.165) is 24.8 Å². The van der Waals surface area contributed by atoms with Gasteiger partial charge in [0.15, 0.2) is 0 Å². The van der Waals surface area contributed by atoms with Crippen LogP contribution < -0.4 is 10.6 Å². The minimum atomic E-state index is -0.491. The average molecular weight is 311 g/mol. The third-order valence-corrected chi connectivity index (χ3v) is 4.80. The molecule has 1 aromatic rings. The van der Waals surface area contributed by atoms with Crippen molar-refractivity contribution in [1.29, 1.82) is 0 Å². The predicted molar refractivity (Wildman–Crippen MR) is 85.4 cm³/mol. The fourth-order valence-corrected chi connectivity index (χ4v) is 3.51. The number of anilines is 1. The quantitative estimate of drug-likeness (QED) is 0.848. The summed E-state index contributed by atoms with van der Waals surface area (Å²) in [5.74, 6) is 0.860. The fourth-order valence-electron chi connectivity index (χ4n) is 2.27. The molecule has 0 radical (unpaired) electrons. The lowest BCUT2D eigenvalue weighted by Crippen LogP contribution is -2.32. The molecule has 2 rings (SSSR count). The van der Waals surface area contributed by atoms with Crippen LogP contribution in [0.4, 0.5) is 10.2 Å². The maximum absolute atomic E-state index is 13.4. The Balaban J connectivity index is 1.97. The first kappa shape index (κ1) is 16.1. The normalized spacial score (nSPS) is 18.3. The highest BCUT2D eigenvalue weighted by atomic mass is 32.2. The Bertz CT molecular complexity index is 478. The number of hydrogen-bond acceptors (Lipinski definition) is 4. The van der Waals surface area contributed by atoms with Gasteiger partial charge in [0, 0.05) is 18.3 Å². The molecule has 21 heavy (non-hydrogen) atoms. The smallest absolute Gasteiger partial charge is 0.255 e. The van der Waals surface area contributed by atoms with E-state index in [1.807, 2.05) is 18.7 Å². The second-order valence-corrected chi connectivity index (χ2v) is 6.58. The molecule has 1 atom stereocenters. The zero-order chi connectivity index (χ0) is 15.1. The summed E-state index contributed by atoms with van der Waals surface area (Å²) in [5.41, 5.74) is 0.282. The fraction of sp³-hybridized carbons (Fsp3) is 0.600. The number of carbonyl (C=O) groups excluding carboxylic acids is 1. The molecule has 1 aliphatic heterocycles. The number of hydrogen-bond donors (Lipinski definition) is 2. The van der Waals surface area contributed by atoms with E-state index in [1.165, 1.54) is 18.9 Å². The summed E-state index contributed by atoms with van der Waals surface area (Å²) in [6.07, 6.45) is 5.66. The van der Waals surface area contributed by atoms with E-state index in [0.29, 0.717) is 24.2 Å². The molecule has 6 heteroatoms. The Morgan fingerprint density at radius 2 is 2.38 bits per heavy atom. The highest BCUT2D eigenvalue weighted by Crippen LogP contribution is 2.24. The maximum atomic E-state index is 13.4. The number of carbonyl (C=O) groups is 1. The summed E-state index contributed by atoms with van der Waals surface area (Å²) in [5, 5.41) is 6.44. The van der Waals surface area contributed by atoms with Crippen LogP contribution in [-0.4, -0.2) is 35.0 Å². The van der Waals surface area contributed by atoms with Gasteiger partial charge in [0.2, 0.25) is 0 Å². The minimum Gasteiger partial charge on any atom is -0.369 e. The van der Waals surface area contributed by atoms with Crippen LogP contribution in [0.1, 0.15) is 43.0 Å². The van der Waals surface area contributed by atoms with E-state index < -0.39 is 5.82 Å². The second-order valence-electron chi connectivity index (χ2n) is 5.18. The standard InChI is InChI=1S/C15H22FN3OS/c1-2-6-17-14-13(8-11(16)9-18-14)15(20)19-10-12-5-3-4-7-21-12/h8-9,12H,2-7,10H2,1H3,(H,17,18)(H,19,20). The largest absolute Gasteiger partial charge is 0.369 e. The van der Waals surface area contributed by atoms with Crippen LogP contribution in [0.5, 0.6) is 0 Å². The van der Waals surface area contributed by atoms with Crippen molar-refractivity contribution < 1.29 is 9.18 Å². The van der Waals surface area contributed by atoms with E-state index in [1.54, 1.807) is 0 Å². The van der Waals surface area contributed by atoms with Crippen molar-refractivity contribution in [3.63, 3.8) is 0 Å². The summed E-state index contributed by atoms with van der Waals surface area (Å²) in [4.78, 5) is 16.2. The first-order chi connectivity index (χ1) is 10.2. The molecule has 1 saturated heterocycles. The van der Waals surface area contributed by atoms with Crippen molar-refractivity contribution in [2.75, 3.05) is 24.2 Å². The van der Waals surface area contributed by atoms with Gasteiger partial charge >= 0.3 is 0 Å². The Hall–Kier alpha value is -1.30. The van der Waals surface area contributed by atoms with Gasteiger partial charge < -0.3 is 10.6 Å². The van der Waals surface area contributed by atoms with E-state index in [-0.39, 0.29) is 11.5 Å². The van der Waals surface area contributed by atoms with Gasteiger partial charge in [-0.25, -0.2) is 9.37 Å². The Morgan fingerprint density at radius 1 is 1.52 bits per heavy atom. The number of amides is 1.